The zero-order valence-electron chi connectivity index (χ0n) is 21.4. The highest BCUT2D eigenvalue weighted by molar-refractivity contribution is 5.95. The molecule has 38 heavy (non-hydrogen) atoms. The first-order valence-corrected chi connectivity index (χ1v) is 12.5. The Morgan fingerprint density at radius 3 is 2.26 bits per heavy atom. The minimum Gasteiger partial charge on any atom is -0.480 e. The fourth-order valence-corrected chi connectivity index (χ4v) is 3.85. The van der Waals surface area contributed by atoms with Crippen LogP contribution in [0.5, 0.6) is 0 Å². The number of hydrogen-bond donors (Lipinski definition) is 8. The molecule has 1 aromatic carbocycles. The Morgan fingerprint density at radius 1 is 0.947 bits per heavy atom. The molecule has 208 valence electrons. The second-order valence-electron chi connectivity index (χ2n) is 9.15. The molecule has 0 aliphatic heterocycles. The van der Waals surface area contributed by atoms with Crippen LogP contribution in [0.1, 0.15) is 44.6 Å². The van der Waals surface area contributed by atoms with E-state index in [0.29, 0.717) is 31.4 Å². The lowest BCUT2D eigenvalue weighted by Gasteiger charge is -2.24. The molecule has 1 aromatic heterocycles. The predicted octanol–water partition coefficient (Wildman–Crippen LogP) is -1.01. The van der Waals surface area contributed by atoms with Crippen molar-refractivity contribution in [1.82, 2.24) is 20.9 Å². The van der Waals surface area contributed by atoms with Gasteiger partial charge in [-0.3, -0.25) is 24.0 Å². The number of carboxylic acids is 1. The first kappa shape index (κ1) is 30.3. The van der Waals surface area contributed by atoms with E-state index in [2.05, 4.69) is 20.9 Å². The molecule has 2 aromatic rings. The van der Waals surface area contributed by atoms with Crippen molar-refractivity contribution in [3.63, 3.8) is 0 Å². The van der Waals surface area contributed by atoms with E-state index in [1.165, 1.54) is 6.92 Å². The zero-order valence-corrected chi connectivity index (χ0v) is 21.4. The third-order valence-corrected chi connectivity index (χ3v) is 6.08. The Hall–Kier alpha value is -3.97. The molecule has 1 heterocycles. The van der Waals surface area contributed by atoms with Crippen molar-refractivity contribution in [1.29, 1.82) is 0 Å². The van der Waals surface area contributed by atoms with Gasteiger partial charge in [0.25, 0.3) is 0 Å². The molecular weight excluding hydrogens is 494 g/mol. The number of hydrogen-bond acceptors (Lipinski definition) is 7. The standard InChI is InChI=1S/C25H37N7O6/c1-14(25(37)38)30-24(36)20(12-15-13-29-18-8-3-2-6-16(15)18)32-23(35)19(9-10-21(28)33)31-22(34)17(27)7-4-5-11-26/h2-3,6,8,13-14,17,19-20,29H,4-5,7,9-12,26-27H2,1H3,(H2,28,33)(H,30,36)(H,31,34)(H,32,35)(H,37,38). The molecule has 4 atom stereocenters. The Bertz CT molecular complexity index is 1130. The predicted molar refractivity (Wildman–Crippen MR) is 140 cm³/mol. The maximum absolute atomic E-state index is 13.3. The molecule has 4 unspecified atom stereocenters. The van der Waals surface area contributed by atoms with Gasteiger partial charge in [-0.2, -0.15) is 0 Å². The summed E-state index contributed by atoms with van der Waals surface area (Å²) in [5.41, 5.74) is 18.2. The summed E-state index contributed by atoms with van der Waals surface area (Å²) in [5, 5.41) is 17.6. The lowest BCUT2D eigenvalue weighted by molar-refractivity contribution is -0.141. The summed E-state index contributed by atoms with van der Waals surface area (Å²) in [6.07, 6.45) is 3.08. The number of carbonyl (C=O) groups excluding carboxylic acids is 4. The second kappa shape index (κ2) is 14.7. The number of H-pyrrole nitrogens is 1. The van der Waals surface area contributed by atoms with Gasteiger partial charge in [-0.15, -0.1) is 0 Å². The molecule has 13 heteroatoms. The second-order valence-corrected chi connectivity index (χ2v) is 9.15. The van der Waals surface area contributed by atoms with Crippen molar-refractivity contribution < 1.29 is 29.1 Å². The van der Waals surface area contributed by atoms with E-state index in [0.717, 1.165) is 10.9 Å². The lowest BCUT2D eigenvalue weighted by Crippen LogP contribution is -2.57. The number of carbonyl (C=O) groups is 5. The number of nitrogens with one attached hydrogen (secondary N) is 4. The minimum absolute atomic E-state index is 0.0308. The van der Waals surface area contributed by atoms with Crippen molar-refractivity contribution in [3.8, 4) is 0 Å². The monoisotopic (exact) mass is 531 g/mol. The average Bonchev–Trinajstić information content (AvgIpc) is 3.28. The molecule has 0 saturated heterocycles. The van der Waals surface area contributed by atoms with Crippen LogP contribution in [0.2, 0.25) is 0 Å². The number of aromatic nitrogens is 1. The highest BCUT2D eigenvalue weighted by Gasteiger charge is 2.30. The van der Waals surface area contributed by atoms with Gasteiger partial charge in [-0.05, 0) is 44.4 Å². The fraction of sp³-hybridized carbons (Fsp3) is 0.480. The maximum Gasteiger partial charge on any atom is 0.325 e. The van der Waals surface area contributed by atoms with Gasteiger partial charge in [0.05, 0.1) is 6.04 Å². The zero-order chi connectivity index (χ0) is 28.2. The number of fused-ring (bicyclic) bond motifs is 1. The first-order chi connectivity index (χ1) is 18.0. The Labute approximate surface area is 220 Å². The number of unbranched alkanes of at least 4 members (excludes halogenated alkanes) is 1. The van der Waals surface area contributed by atoms with Crippen LogP contribution in [0, 0.1) is 0 Å². The van der Waals surface area contributed by atoms with Crippen molar-refractivity contribution in [2.75, 3.05) is 6.54 Å². The number of aliphatic carboxylic acids is 1. The number of primary amides is 1. The summed E-state index contributed by atoms with van der Waals surface area (Å²) in [7, 11) is 0. The van der Waals surface area contributed by atoms with E-state index in [-0.39, 0.29) is 19.3 Å². The van der Waals surface area contributed by atoms with Crippen LogP contribution < -0.4 is 33.2 Å². The van der Waals surface area contributed by atoms with Crippen LogP contribution in [0.25, 0.3) is 10.9 Å². The molecule has 0 spiro atoms. The highest BCUT2D eigenvalue weighted by atomic mass is 16.4. The summed E-state index contributed by atoms with van der Waals surface area (Å²) in [4.78, 5) is 64.7. The molecule has 0 fully saturated rings. The quantitative estimate of drug-likeness (QED) is 0.125. The number of rotatable bonds is 16. The summed E-state index contributed by atoms with van der Waals surface area (Å²) >= 11 is 0. The van der Waals surface area contributed by atoms with Crippen molar-refractivity contribution in [2.45, 2.75) is 69.6 Å². The highest BCUT2D eigenvalue weighted by Crippen LogP contribution is 2.19. The van der Waals surface area contributed by atoms with Crippen LogP contribution in [-0.4, -0.2) is 70.4 Å². The van der Waals surface area contributed by atoms with Gasteiger partial charge in [0.15, 0.2) is 0 Å². The third kappa shape index (κ3) is 9.16. The van der Waals surface area contributed by atoms with Crippen molar-refractivity contribution in [2.24, 2.45) is 17.2 Å². The third-order valence-electron chi connectivity index (χ3n) is 6.08. The summed E-state index contributed by atoms with van der Waals surface area (Å²) in [6, 6.07) is 2.88. The van der Waals surface area contributed by atoms with Gasteiger partial charge in [-0.1, -0.05) is 24.6 Å². The van der Waals surface area contributed by atoms with E-state index in [9.17, 15) is 29.1 Å². The maximum atomic E-state index is 13.3. The van der Waals surface area contributed by atoms with Gasteiger partial charge >= 0.3 is 5.97 Å². The van der Waals surface area contributed by atoms with Gasteiger partial charge in [0, 0.05) is 29.9 Å². The number of benzene rings is 1. The Morgan fingerprint density at radius 2 is 1.61 bits per heavy atom. The van der Waals surface area contributed by atoms with Gasteiger partial charge in [-0.25, -0.2) is 0 Å². The van der Waals surface area contributed by atoms with E-state index < -0.39 is 53.8 Å². The topological polar surface area (TPSA) is 236 Å². The van der Waals surface area contributed by atoms with Gasteiger partial charge < -0.3 is 43.2 Å². The number of para-hydroxylation sites is 1. The van der Waals surface area contributed by atoms with Crippen LogP contribution in [-0.2, 0) is 30.4 Å². The van der Waals surface area contributed by atoms with Crippen molar-refractivity contribution >= 4 is 40.5 Å². The summed E-state index contributed by atoms with van der Waals surface area (Å²) in [5.74, 6) is -3.98. The lowest BCUT2D eigenvalue weighted by atomic mass is 10.0. The molecule has 0 bridgehead atoms. The van der Waals surface area contributed by atoms with E-state index in [1.54, 1.807) is 6.20 Å². The van der Waals surface area contributed by atoms with Crippen LogP contribution in [0.15, 0.2) is 30.5 Å². The normalized spacial score (nSPS) is 14.2. The molecule has 0 saturated carbocycles. The van der Waals surface area contributed by atoms with Crippen molar-refractivity contribution in [3.05, 3.63) is 36.0 Å². The number of amides is 4. The van der Waals surface area contributed by atoms with Gasteiger partial charge in [0.2, 0.25) is 23.6 Å². The van der Waals surface area contributed by atoms with Gasteiger partial charge in [0.1, 0.15) is 18.1 Å². The molecular formula is C25H37N7O6. The van der Waals surface area contributed by atoms with E-state index in [1.807, 2.05) is 24.3 Å². The van der Waals surface area contributed by atoms with Crippen LogP contribution >= 0.6 is 0 Å². The number of nitrogens with two attached hydrogens (primary N) is 3. The number of carboxylic acid groups (broad SMARTS) is 1. The first-order valence-electron chi connectivity index (χ1n) is 12.5. The number of aromatic amines is 1. The molecule has 2 rings (SSSR count). The van der Waals surface area contributed by atoms with E-state index >= 15 is 0 Å². The summed E-state index contributed by atoms with van der Waals surface area (Å²) in [6.45, 7) is 1.76. The fourth-order valence-electron chi connectivity index (χ4n) is 3.85. The Kier molecular flexibility index (Phi) is 11.7. The average molecular weight is 532 g/mol. The molecule has 11 N–H and O–H groups in total. The molecule has 0 radical (unpaired) electrons. The SMILES string of the molecule is CC(NC(=O)C(Cc1c[nH]c2ccccc12)NC(=O)C(CCC(N)=O)NC(=O)C(N)CCCCN)C(=O)O. The largest absolute Gasteiger partial charge is 0.480 e. The smallest absolute Gasteiger partial charge is 0.325 e. The molecule has 0 aliphatic rings. The molecule has 0 aliphatic carbocycles. The Balaban J connectivity index is 2.24. The van der Waals surface area contributed by atoms with Crippen LogP contribution in [0.4, 0.5) is 0 Å². The van der Waals surface area contributed by atoms with Crippen LogP contribution in [0.3, 0.4) is 0 Å². The molecule has 4 amide bonds. The minimum atomic E-state index is -1.24. The molecule has 13 nitrogen and oxygen atoms in total. The summed E-state index contributed by atoms with van der Waals surface area (Å²) < 4.78 is 0. The van der Waals surface area contributed by atoms with E-state index in [4.69, 9.17) is 17.2 Å².